The average molecular weight is 328 g/mol. The van der Waals surface area contributed by atoms with Gasteiger partial charge in [0.15, 0.2) is 11.6 Å². The lowest BCUT2D eigenvalue weighted by atomic mass is 10.0. The van der Waals surface area contributed by atoms with E-state index in [0.29, 0.717) is 12.0 Å². The third-order valence-electron chi connectivity index (χ3n) is 3.78. The van der Waals surface area contributed by atoms with Crippen molar-refractivity contribution < 1.29 is 18.3 Å². The molecule has 0 heterocycles. The molecule has 4 heteroatoms. The number of benzene rings is 3. The number of rotatable bonds is 5. The number of hydrogen-bond acceptors (Lipinski definition) is 2. The van der Waals surface area contributed by atoms with Gasteiger partial charge in [-0.05, 0) is 54.6 Å². The minimum absolute atomic E-state index is 0.0590. The Kier molecular flexibility index (Phi) is 4.65. The molecule has 0 unspecified atom stereocenters. The van der Waals surface area contributed by atoms with E-state index >= 15 is 0 Å². The minimum atomic E-state index is -0.951. The molecule has 0 saturated carbocycles. The molecule has 0 aliphatic heterocycles. The first-order chi connectivity index (χ1) is 11.6. The first-order valence-electron chi connectivity index (χ1n) is 7.91. The van der Waals surface area contributed by atoms with Crippen molar-refractivity contribution in [2.24, 2.45) is 0 Å². The van der Waals surface area contributed by atoms with Gasteiger partial charge >= 0.3 is 0 Å². The van der Waals surface area contributed by atoms with E-state index in [1.54, 1.807) is 19.1 Å². The first kappa shape index (κ1) is 16.2. The van der Waals surface area contributed by atoms with Crippen molar-refractivity contribution in [3.05, 3.63) is 60.2 Å². The topological polar surface area (TPSA) is 18.5 Å². The van der Waals surface area contributed by atoms with Crippen molar-refractivity contribution in [2.45, 2.75) is 13.8 Å². The quantitative estimate of drug-likeness (QED) is 0.608. The van der Waals surface area contributed by atoms with Gasteiger partial charge in [0.1, 0.15) is 5.75 Å². The fourth-order valence-corrected chi connectivity index (χ4v) is 2.65. The van der Waals surface area contributed by atoms with Gasteiger partial charge < -0.3 is 9.47 Å². The van der Waals surface area contributed by atoms with Crippen LogP contribution in [0, 0.1) is 11.6 Å². The van der Waals surface area contributed by atoms with Gasteiger partial charge in [-0.3, -0.25) is 0 Å². The molecule has 24 heavy (non-hydrogen) atoms. The lowest BCUT2D eigenvalue weighted by Crippen LogP contribution is -1.98. The van der Waals surface area contributed by atoms with Gasteiger partial charge in [0.2, 0.25) is 5.82 Å². The Bertz CT molecular complexity index is 858. The van der Waals surface area contributed by atoms with E-state index in [1.165, 1.54) is 6.07 Å². The van der Waals surface area contributed by atoms with Gasteiger partial charge in [0, 0.05) is 5.39 Å². The summed E-state index contributed by atoms with van der Waals surface area (Å²) in [5.74, 6) is -1.12. The van der Waals surface area contributed by atoms with Crippen molar-refractivity contribution in [3.8, 4) is 22.6 Å². The average Bonchev–Trinajstić information content (AvgIpc) is 2.60. The van der Waals surface area contributed by atoms with Gasteiger partial charge in [-0.25, -0.2) is 4.39 Å². The van der Waals surface area contributed by atoms with Crippen LogP contribution in [0.3, 0.4) is 0 Å². The highest BCUT2D eigenvalue weighted by atomic mass is 19.2. The number of hydrogen-bond donors (Lipinski definition) is 0. The fourth-order valence-electron chi connectivity index (χ4n) is 2.65. The number of ether oxygens (including phenoxy) is 2. The lowest BCUT2D eigenvalue weighted by molar-refractivity contribution is 0.315. The maximum absolute atomic E-state index is 14.4. The second-order valence-electron chi connectivity index (χ2n) is 5.33. The van der Waals surface area contributed by atoms with E-state index in [4.69, 9.17) is 9.47 Å². The smallest absolute Gasteiger partial charge is 0.201 e. The molecule has 0 atom stereocenters. The molecule has 124 valence electrons. The zero-order chi connectivity index (χ0) is 17.1. The van der Waals surface area contributed by atoms with E-state index < -0.39 is 11.6 Å². The van der Waals surface area contributed by atoms with Crippen LogP contribution in [-0.2, 0) is 0 Å². The molecular weight excluding hydrogens is 310 g/mol. The molecule has 0 aromatic heterocycles. The molecule has 3 aromatic carbocycles. The van der Waals surface area contributed by atoms with Gasteiger partial charge in [-0.1, -0.05) is 24.3 Å². The molecule has 0 amide bonds. The van der Waals surface area contributed by atoms with Crippen LogP contribution >= 0.6 is 0 Å². The van der Waals surface area contributed by atoms with Crippen LogP contribution in [0.25, 0.3) is 21.9 Å². The summed E-state index contributed by atoms with van der Waals surface area (Å²) in [6, 6.07) is 14.3. The van der Waals surface area contributed by atoms with Gasteiger partial charge in [-0.2, -0.15) is 4.39 Å². The van der Waals surface area contributed by atoms with Crippen molar-refractivity contribution in [2.75, 3.05) is 13.2 Å². The van der Waals surface area contributed by atoms with E-state index in [-0.39, 0.29) is 17.7 Å². The Labute approximate surface area is 139 Å². The standard InChI is InChI=1S/C20H18F2O2/c1-3-23-16-9-7-13(8-10-16)14-5-6-15-12-18(24-4-2)20(22)19(21)17(15)11-14/h5-12H,3-4H2,1-2H3. The van der Waals surface area contributed by atoms with Crippen molar-refractivity contribution in [3.63, 3.8) is 0 Å². The normalized spacial score (nSPS) is 10.8. The monoisotopic (exact) mass is 328 g/mol. The fraction of sp³-hybridized carbons (Fsp3) is 0.200. The van der Waals surface area contributed by atoms with Crippen molar-refractivity contribution in [1.82, 2.24) is 0 Å². The minimum Gasteiger partial charge on any atom is -0.494 e. The third kappa shape index (κ3) is 3.04. The van der Waals surface area contributed by atoms with E-state index in [1.807, 2.05) is 37.3 Å². The molecule has 0 saturated heterocycles. The molecule has 0 aliphatic rings. The molecule has 2 nitrogen and oxygen atoms in total. The van der Waals surface area contributed by atoms with Crippen LogP contribution in [-0.4, -0.2) is 13.2 Å². The van der Waals surface area contributed by atoms with Crippen LogP contribution in [0.15, 0.2) is 48.5 Å². The van der Waals surface area contributed by atoms with Crippen LogP contribution in [0.2, 0.25) is 0 Å². The summed E-state index contributed by atoms with van der Waals surface area (Å²) in [5.41, 5.74) is 1.72. The summed E-state index contributed by atoms with van der Waals surface area (Å²) in [5, 5.41) is 0.842. The van der Waals surface area contributed by atoms with Crippen molar-refractivity contribution >= 4 is 10.8 Å². The molecule has 0 radical (unpaired) electrons. The van der Waals surface area contributed by atoms with Crippen LogP contribution in [0.5, 0.6) is 11.5 Å². The summed E-state index contributed by atoms with van der Waals surface area (Å²) in [6.45, 7) is 4.54. The van der Waals surface area contributed by atoms with Crippen LogP contribution in [0.1, 0.15) is 13.8 Å². The molecule has 0 N–H and O–H groups in total. The lowest BCUT2D eigenvalue weighted by Gasteiger charge is -2.10. The highest BCUT2D eigenvalue weighted by Crippen LogP contribution is 2.32. The Morgan fingerprint density at radius 1 is 0.750 bits per heavy atom. The first-order valence-corrected chi connectivity index (χ1v) is 7.91. The van der Waals surface area contributed by atoms with Crippen LogP contribution in [0.4, 0.5) is 8.78 Å². The van der Waals surface area contributed by atoms with Gasteiger partial charge in [0.05, 0.1) is 13.2 Å². The maximum Gasteiger partial charge on any atom is 0.201 e. The molecule has 0 aliphatic carbocycles. The van der Waals surface area contributed by atoms with E-state index in [2.05, 4.69) is 0 Å². The SMILES string of the molecule is CCOc1ccc(-c2ccc3cc(OCC)c(F)c(F)c3c2)cc1. The molecule has 0 fully saturated rings. The van der Waals surface area contributed by atoms with E-state index in [9.17, 15) is 8.78 Å². The molecular formula is C20H18F2O2. The van der Waals surface area contributed by atoms with Crippen LogP contribution < -0.4 is 9.47 Å². The summed E-state index contributed by atoms with van der Waals surface area (Å²) < 4.78 is 39.0. The molecule has 3 rings (SSSR count). The number of fused-ring (bicyclic) bond motifs is 1. The maximum atomic E-state index is 14.4. The number of halogens is 2. The summed E-state index contributed by atoms with van der Waals surface area (Å²) in [6.07, 6.45) is 0. The second-order valence-corrected chi connectivity index (χ2v) is 5.33. The Balaban J connectivity index is 2.04. The molecule has 0 bridgehead atoms. The summed E-state index contributed by atoms with van der Waals surface area (Å²) in [4.78, 5) is 0. The zero-order valence-corrected chi connectivity index (χ0v) is 13.6. The predicted molar refractivity (Wildman–Crippen MR) is 91.6 cm³/mol. The Morgan fingerprint density at radius 2 is 1.42 bits per heavy atom. The predicted octanol–water partition coefficient (Wildman–Crippen LogP) is 5.58. The molecule has 3 aromatic rings. The highest BCUT2D eigenvalue weighted by molar-refractivity contribution is 5.89. The summed E-state index contributed by atoms with van der Waals surface area (Å²) in [7, 11) is 0. The summed E-state index contributed by atoms with van der Waals surface area (Å²) >= 11 is 0. The Morgan fingerprint density at radius 3 is 2.08 bits per heavy atom. The zero-order valence-electron chi connectivity index (χ0n) is 13.6. The Hall–Kier alpha value is -2.62. The van der Waals surface area contributed by atoms with Crippen molar-refractivity contribution in [1.29, 1.82) is 0 Å². The molecule has 0 spiro atoms. The van der Waals surface area contributed by atoms with Gasteiger partial charge in [-0.15, -0.1) is 0 Å². The van der Waals surface area contributed by atoms with E-state index in [0.717, 1.165) is 16.9 Å². The third-order valence-corrected chi connectivity index (χ3v) is 3.78. The largest absolute Gasteiger partial charge is 0.494 e. The van der Waals surface area contributed by atoms with Gasteiger partial charge in [0.25, 0.3) is 0 Å². The second kappa shape index (κ2) is 6.87. The highest BCUT2D eigenvalue weighted by Gasteiger charge is 2.15.